The number of nitrogens with two attached hydrogens (primary N) is 1. The molecule has 0 saturated carbocycles. The lowest BCUT2D eigenvalue weighted by Crippen LogP contribution is -2.39. The van der Waals surface area contributed by atoms with Crippen LogP contribution in [0.3, 0.4) is 0 Å². The van der Waals surface area contributed by atoms with Gasteiger partial charge < -0.3 is 20.7 Å². The van der Waals surface area contributed by atoms with Gasteiger partial charge in [0.05, 0.1) is 16.8 Å². The first kappa shape index (κ1) is 24.7. The van der Waals surface area contributed by atoms with E-state index in [1.165, 1.54) is 10.9 Å². The quantitative estimate of drug-likeness (QED) is 0.250. The van der Waals surface area contributed by atoms with E-state index in [1.54, 1.807) is 0 Å². The van der Waals surface area contributed by atoms with Crippen molar-refractivity contribution in [2.75, 3.05) is 12.3 Å². The number of hydrogen-bond acceptors (Lipinski definition) is 11. The smallest absolute Gasteiger partial charge is 0.387 e. The third-order valence-corrected chi connectivity index (χ3v) is 6.72. The summed E-state index contributed by atoms with van der Waals surface area (Å²) in [6.07, 6.45) is -8.39. The summed E-state index contributed by atoms with van der Waals surface area (Å²) < 4.78 is 72.7. The molecule has 0 amide bonds. The Hall–Kier alpha value is -3.45. The summed E-state index contributed by atoms with van der Waals surface area (Å²) in [4.78, 5) is 20.7. The van der Waals surface area contributed by atoms with Gasteiger partial charge in [0.2, 0.25) is 10.0 Å². The molecule has 1 saturated heterocycles. The molecule has 0 bridgehead atoms. The van der Waals surface area contributed by atoms with Gasteiger partial charge in [-0.1, -0.05) is 0 Å². The molecule has 1 aliphatic heterocycles. The molecule has 18 heteroatoms. The van der Waals surface area contributed by atoms with E-state index in [9.17, 15) is 41.9 Å². The number of alkyl halides is 3. The van der Waals surface area contributed by atoms with Crippen LogP contribution < -0.4 is 10.5 Å². The number of nitrogens with zero attached hydrogens (tertiary/aromatic N) is 5. The minimum atomic E-state index is -4.93. The maximum atomic E-state index is 12.9. The number of nitro groups is 1. The molecular formula is C17H16F3N7O7S. The van der Waals surface area contributed by atoms with Gasteiger partial charge in [0.1, 0.15) is 30.2 Å². The van der Waals surface area contributed by atoms with Crippen LogP contribution in [-0.2, 0) is 20.9 Å². The Labute approximate surface area is 193 Å². The number of nitro benzene ring substituents is 1. The van der Waals surface area contributed by atoms with E-state index in [4.69, 9.17) is 10.5 Å². The summed E-state index contributed by atoms with van der Waals surface area (Å²) in [7, 11) is -4.73. The van der Waals surface area contributed by atoms with E-state index in [-0.39, 0.29) is 23.0 Å². The van der Waals surface area contributed by atoms with Crippen molar-refractivity contribution < 1.29 is 41.5 Å². The second kappa shape index (κ2) is 8.64. The van der Waals surface area contributed by atoms with Crippen LogP contribution in [-0.4, -0.2) is 67.9 Å². The molecule has 188 valence electrons. The molecule has 1 fully saturated rings. The largest absolute Gasteiger partial charge is 0.416 e. The Kier molecular flexibility index (Phi) is 6.09. The zero-order valence-electron chi connectivity index (χ0n) is 17.2. The van der Waals surface area contributed by atoms with Crippen molar-refractivity contribution in [2.24, 2.45) is 0 Å². The molecule has 5 N–H and O–H groups in total. The number of sulfonamides is 1. The second-order valence-electron chi connectivity index (χ2n) is 7.42. The number of rotatable bonds is 6. The highest BCUT2D eigenvalue weighted by atomic mass is 32.2. The Bertz CT molecular complexity index is 1400. The number of fused-ring (bicyclic) bond motifs is 1. The van der Waals surface area contributed by atoms with Crippen LogP contribution in [0.2, 0.25) is 0 Å². The van der Waals surface area contributed by atoms with E-state index >= 15 is 0 Å². The average Bonchev–Trinajstić information content (AvgIpc) is 3.33. The van der Waals surface area contributed by atoms with Crippen molar-refractivity contribution in [1.29, 1.82) is 0 Å². The van der Waals surface area contributed by atoms with Crippen LogP contribution >= 0.6 is 0 Å². The Morgan fingerprint density at radius 1 is 1.23 bits per heavy atom. The summed E-state index contributed by atoms with van der Waals surface area (Å²) >= 11 is 0. The van der Waals surface area contributed by atoms with Crippen LogP contribution in [0.4, 0.5) is 24.7 Å². The molecule has 35 heavy (non-hydrogen) atoms. The average molecular weight is 519 g/mol. The van der Waals surface area contributed by atoms with Crippen LogP contribution in [0.1, 0.15) is 11.8 Å². The first-order chi connectivity index (χ1) is 16.3. The number of imidazole rings is 1. The summed E-state index contributed by atoms with van der Waals surface area (Å²) in [5.41, 5.74) is 3.37. The fraction of sp³-hybridized carbons (Fsp3) is 0.353. The van der Waals surface area contributed by atoms with E-state index in [0.717, 1.165) is 6.33 Å². The number of aliphatic hydroxyl groups excluding tert-OH is 2. The molecule has 0 radical (unpaired) electrons. The topological polar surface area (TPSA) is 209 Å². The van der Waals surface area contributed by atoms with Gasteiger partial charge in [-0.2, -0.15) is 13.2 Å². The molecule has 1 aromatic carbocycles. The molecule has 4 atom stereocenters. The van der Waals surface area contributed by atoms with Gasteiger partial charge in [0.15, 0.2) is 22.6 Å². The fourth-order valence-corrected chi connectivity index (χ4v) is 4.71. The summed E-state index contributed by atoms with van der Waals surface area (Å²) in [5, 5.41) is 32.0. The van der Waals surface area contributed by atoms with E-state index in [0.29, 0.717) is 12.1 Å². The second-order valence-corrected chi connectivity index (χ2v) is 9.15. The zero-order chi connectivity index (χ0) is 25.7. The number of aliphatic hydroxyl groups is 2. The lowest BCUT2D eigenvalue weighted by atomic mass is 10.1. The Morgan fingerprint density at radius 3 is 2.60 bits per heavy atom. The summed E-state index contributed by atoms with van der Waals surface area (Å²) in [5.74, 6) is 0.0456. The van der Waals surface area contributed by atoms with Gasteiger partial charge in [0.25, 0.3) is 5.69 Å². The first-order valence-electron chi connectivity index (χ1n) is 9.61. The van der Waals surface area contributed by atoms with Gasteiger partial charge in [0, 0.05) is 12.6 Å². The van der Waals surface area contributed by atoms with Crippen molar-refractivity contribution in [3.8, 4) is 0 Å². The highest BCUT2D eigenvalue weighted by Crippen LogP contribution is 2.35. The van der Waals surface area contributed by atoms with Crippen LogP contribution in [0.25, 0.3) is 11.2 Å². The number of anilines is 1. The normalized spacial score (nSPS) is 23.1. The van der Waals surface area contributed by atoms with E-state index < -0.39 is 68.4 Å². The van der Waals surface area contributed by atoms with E-state index in [2.05, 4.69) is 15.0 Å². The standard InChI is InChI=1S/C17H16F3N7O7S/c18-17(19,20)7-1-2-10(8(3-7)27(30)31)35(32,33)25-4-9-12(28)13(29)16(34-9)26-6-24-11-14(21)22-5-23-15(11)26/h1-3,5-6,9,12-13,16,25,28-29H,4H2,(H2,21,22,23)/t9-,12-,13-,16-/m1/s1. The molecule has 0 spiro atoms. The van der Waals surface area contributed by atoms with Gasteiger partial charge in [-0.25, -0.2) is 28.1 Å². The molecule has 14 nitrogen and oxygen atoms in total. The zero-order valence-corrected chi connectivity index (χ0v) is 18.0. The molecule has 0 unspecified atom stereocenters. The third-order valence-electron chi connectivity index (χ3n) is 5.25. The maximum Gasteiger partial charge on any atom is 0.416 e. The lowest BCUT2D eigenvalue weighted by Gasteiger charge is -2.16. The van der Waals surface area contributed by atoms with Crippen molar-refractivity contribution in [1.82, 2.24) is 24.2 Å². The predicted octanol–water partition coefficient (Wildman–Crippen LogP) is -0.0668. The third kappa shape index (κ3) is 4.48. The molecule has 3 aromatic rings. The Morgan fingerprint density at radius 2 is 1.94 bits per heavy atom. The fourth-order valence-electron chi connectivity index (χ4n) is 3.52. The van der Waals surface area contributed by atoms with Crippen LogP contribution in [0, 0.1) is 10.1 Å². The molecule has 0 aliphatic carbocycles. The van der Waals surface area contributed by atoms with Crippen molar-refractivity contribution in [3.63, 3.8) is 0 Å². The van der Waals surface area contributed by atoms with Crippen LogP contribution in [0.5, 0.6) is 0 Å². The molecule has 2 aromatic heterocycles. The number of halogens is 3. The highest BCUT2D eigenvalue weighted by molar-refractivity contribution is 7.89. The van der Waals surface area contributed by atoms with Gasteiger partial charge in [-0.15, -0.1) is 0 Å². The number of nitrogens with one attached hydrogen (secondary N) is 1. The number of aromatic nitrogens is 4. The summed E-state index contributed by atoms with van der Waals surface area (Å²) in [6, 6.07) is 0.946. The lowest BCUT2D eigenvalue weighted by molar-refractivity contribution is -0.388. The maximum absolute atomic E-state index is 12.9. The monoisotopic (exact) mass is 519 g/mol. The number of nitrogen functional groups attached to an aromatic ring is 1. The Balaban J connectivity index is 1.55. The molecular weight excluding hydrogens is 503 g/mol. The minimum absolute atomic E-state index is 0.0456. The van der Waals surface area contributed by atoms with Crippen molar-refractivity contribution >= 4 is 32.7 Å². The van der Waals surface area contributed by atoms with Crippen LogP contribution in [0.15, 0.2) is 35.7 Å². The van der Waals surface area contributed by atoms with E-state index in [1.807, 2.05) is 4.72 Å². The van der Waals surface area contributed by atoms with Gasteiger partial charge in [-0.3, -0.25) is 14.7 Å². The number of hydrogen-bond donors (Lipinski definition) is 4. The first-order valence-corrected chi connectivity index (χ1v) is 11.1. The number of benzene rings is 1. The number of ether oxygens (including phenoxy) is 1. The minimum Gasteiger partial charge on any atom is -0.387 e. The molecule has 1 aliphatic rings. The van der Waals surface area contributed by atoms with Gasteiger partial charge >= 0.3 is 6.18 Å². The summed E-state index contributed by atoms with van der Waals surface area (Å²) in [6.45, 7) is -0.682. The van der Waals surface area contributed by atoms with Gasteiger partial charge in [-0.05, 0) is 12.1 Å². The molecule has 3 heterocycles. The van der Waals surface area contributed by atoms with Crippen molar-refractivity contribution in [2.45, 2.75) is 35.6 Å². The SMILES string of the molecule is Nc1ncnc2c1ncn2[C@@H]1O[C@H](CNS(=O)(=O)c2ccc(C(F)(F)F)cc2[N+](=O)[O-])[C@@H](O)[C@H]1O. The highest BCUT2D eigenvalue weighted by Gasteiger charge is 2.45. The van der Waals surface area contributed by atoms with Crippen molar-refractivity contribution in [3.05, 3.63) is 46.5 Å². The predicted molar refractivity (Wildman–Crippen MR) is 109 cm³/mol. The molecule has 4 rings (SSSR count).